The molecule has 42 heavy (non-hydrogen) atoms. The predicted octanol–water partition coefficient (Wildman–Crippen LogP) is 10.8. The van der Waals surface area contributed by atoms with E-state index in [0.29, 0.717) is 26.1 Å². The molecule has 0 saturated carbocycles. The van der Waals surface area contributed by atoms with Crippen molar-refractivity contribution in [3.05, 3.63) is 0 Å². The number of aliphatic hydroxyl groups excluding tert-OH is 2. The molecular formula is C32H72O7P2Zr. The van der Waals surface area contributed by atoms with Gasteiger partial charge < -0.3 is 20.0 Å². The average molecular weight is 722 g/mol. The Hall–Kier alpha value is 1.14. The van der Waals surface area contributed by atoms with Gasteiger partial charge in [0.05, 0.1) is 12.3 Å². The van der Waals surface area contributed by atoms with E-state index in [4.69, 9.17) is 14.5 Å². The van der Waals surface area contributed by atoms with Gasteiger partial charge in [-0.3, -0.25) is 9.13 Å². The fourth-order valence-corrected chi connectivity index (χ4v) is 7.74. The summed E-state index contributed by atoms with van der Waals surface area (Å²) >= 11 is 0. The van der Waals surface area contributed by atoms with Crippen LogP contribution in [0.15, 0.2) is 0 Å². The first kappa shape index (κ1) is 50.0. The minimum atomic E-state index is -3.95. The van der Waals surface area contributed by atoms with Crippen LogP contribution in [0.25, 0.3) is 0 Å². The molecular weight excluding hydrogens is 650 g/mol. The van der Waals surface area contributed by atoms with Crippen molar-refractivity contribution in [2.75, 3.05) is 25.5 Å². The van der Waals surface area contributed by atoms with Crippen molar-refractivity contribution in [2.24, 2.45) is 0 Å². The third-order valence-corrected chi connectivity index (χ3v) is 10.7. The molecule has 0 aliphatic rings. The van der Waals surface area contributed by atoms with Crippen LogP contribution in [-0.2, 0) is 39.6 Å². The van der Waals surface area contributed by atoms with Crippen molar-refractivity contribution in [1.82, 2.24) is 0 Å². The molecule has 0 aromatic rings. The number of unbranched alkanes of at least 4 members (excludes halogenated alkanes) is 20. The molecule has 0 amide bonds. The number of rotatable bonds is 28. The molecule has 0 heterocycles. The Labute approximate surface area is 281 Å². The molecule has 0 rings (SSSR count). The molecule has 0 saturated heterocycles. The quantitative estimate of drug-likeness (QED) is 0.0468. The summed E-state index contributed by atoms with van der Waals surface area (Å²) in [5.74, 6) is 0. The fourth-order valence-electron chi connectivity index (χ4n) is 4.25. The normalized spacial score (nSPS) is 13.5. The molecule has 7 nitrogen and oxygen atoms in total. The van der Waals surface area contributed by atoms with Crippen LogP contribution in [0, 0.1) is 0 Å². The van der Waals surface area contributed by atoms with E-state index in [1.54, 1.807) is 0 Å². The van der Waals surface area contributed by atoms with Crippen molar-refractivity contribution < 1.29 is 59.6 Å². The Balaban J connectivity index is -0.000000312. The largest absolute Gasteiger partial charge is 0.396 e. The van der Waals surface area contributed by atoms with Gasteiger partial charge in [-0.1, -0.05) is 156 Å². The van der Waals surface area contributed by atoms with Crippen LogP contribution in [0.1, 0.15) is 182 Å². The Bertz CT molecular complexity index is 523. The van der Waals surface area contributed by atoms with Gasteiger partial charge >= 0.3 is 15.2 Å². The number of hydrogen-bond acceptors (Lipinski definition) is 5. The summed E-state index contributed by atoms with van der Waals surface area (Å²) in [6.45, 7) is 9.44. The van der Waals surface area contributed by atoms with E-state index in [1.165, 1.54) is 77.0 Å². The van der Waals surface area contributed by atoms with Gasteiger partial charge in [0, 0.05) is 39.4 Å². The Morgan fingerprint density at radius 3 is 0.857 bits per heavy atom. The van der Waals surface area contributed by atoms with E-state index in [0.717, 1.165) is 64.2 Å². The first-order valence-electron chi connectivity index (χ1n) is 17.2. The van der Waals surface area contributed by atoms with Gasteiger partial charge in [-0.15, -0.1) is 0 Å². The van der Waals surface area contributed by atoms with E-state index >= 15 is 0 Å². The van der Waals surface area contributed by atoms with Crippen LogP contribution in [-0.4, -0.2) is 45.5 Å². The average Bonchev–Trinajstić information content (AvgIpc) is 2.92. The van der Waals surface area contributed by atoms with E-state index in [2.05, 4.69) is 27.7 Å². The molecule has 0 fully saturated rings. The fraction of sp³-hybridized carbons (Fsp3) is 1.00. The van der Waals surface area contributed by atoms with Crippen molar-refractivity contribution >= 4 is 15.2 Å². The topological polar surface area (TPSA) is 124 Å². The Kier molecular flexibility index (Phi) is 47.8. The van der Waals surface area contributed by atoms with Crippen LogP contribution < -0.4 is 0 Å². The zero-order valence-corrected chi connectivity index (χ0v) is 32.5. The molecule has 2 unspecified atom stereocenters. The van der Waals surface area contributed by atoms with Gasteiger partial charge in [-0.25, -0.2) is 4.31 Å². The maximum absolute atomic E-state index is 11.9. The monoisotopic (exact) mass is 720 g/mol. The van der Waals surface area contributed by atoms with Gasteiger partial charge in [0.1, 0.15) is 0 Å². The van der Waals surface area contributed by atoms with E-state index in [1.807, 2.05) is 0 Å². The summed E-state index contributed by atoms with van der Waals surface area (Å²) in [7, 11) is -7.90. The molecule has 256 valence electrons. The second-order valence-electron chi connectivity index (χ2n) is 11.3. The van der Waals surface area contributed by atoms with Gasteiger partial charge in [0.25, 0.3) is 0 Å². The maximum atomic E-state index is 11.9. The van der Waals surface area contributed by atoms with Crippen LogP contribution in [0.4, 0.5) is 0 Å². The first-order chi connectivity index (χ1) is 19.7. The number of hydrogen-bond donors (Lipinski definition) is 4. The maximum Gasteiger partial charge on any atom is 0.335 e. The SMILES string of the molecule is CCCCCCCCO.CCCCCCCCO.CCCCCCCCP(=O)(O)OP(=O)(O)CCCCCCCC.[Zr]. The summed E-state index contributed by atoms with van der Waals surface area (Å²) in [4.78, 5) is 19.5. The molecule has 0 aromatic carbocycles. The number of aliphatic hydroxyl groups is 2. The standard InChI is InChI=1S/C16H36O5P2.2C8H18O.Zr/c1-3-5-7-9-11-13-15-22(17,18)21-23(19,20)16-14-12-10-8-6-4-2;2*1-2-3-4-5-6-7-8-9;/h3-16H2,1-2H3,(H,17,18)(H,19,20);2*9H,2-8H2,1H3;. The van der Waals surface area contributed by atoms with Crippen LogP contribution in [0.2, 0.25) is 0 Å². The second kappa shape index (κ2) is 40.2. The predicted molar refractivity (Wildman–Crippen MR) is 178 cm³/mol. The molecule has 10 heteroatoms. The van der Waals surface area contributed by atoms with E-state index < -0.39 is 15.2 Å². The first-order valence-corrected chi connectivity index (χ1v) is 20.7. The minimum Gasteiger partial charge on any atom is -0.396 e. The van der Waals surface area contributed by atoms with Crippen molar-refractivity contribution in [3.8, 4) is 0 Å². The third-order valence-electron chi connectivity index (χ3n) is 6.87. The Morgan fingerprint density at radius 2 is 0.619 bits per heavy atom. The molecule has 2 atom stereocenters. The molecule has 4 N–H and O–H groups in total. The van der Waals surface area contributed by atoms with Gasteiger partial charge in [-0.2, -0.15) is 0 Å². The third kappa shape index (κ3) is 48.1. The van der Waals surface area contributed by atoms with Crippen molar-refractivity contribution in [2.45, 2.75) is 182 Å². The zero-order valence-electron chi connectivity index (χ0n) is 28.2. The zero-order chi connectivity index (χ0) is 31.5. The van der Waals surface area contributed by atoms with Crippen LogP contribution in [0.5, 0.6) is 0 Å². The minimum absolute atomic E-state index is 0. The second-order valence-corrected chi connectivity index (χ2v) is 15.4. The summed E-state index contributed by atoms with van der Waals surface area (Å²) in [6.07, 6.45) is 26.8. The molecule has 0 aromatic heterocycles. The van der Waals surface area contributed by atoms with E-state index in [-0.39, 0.29) is 38.5 Å². The summed E-state index contributed by atoms with van der Waals surface area (Å²) in [5.41, 5.74) is 0. The van der Waals surface area contributed by atoms with Crippen LogP contribution in [0.3, 0.4) is 0 Å². The molecule has 0 bridgehead atoms. The molecule has 0 spiro atoms. The molecule has 0 radical (unpaired) electrons. The summed E-state index contributed by atoms with van der Waals surface area (Å²) in [6, 6.07) is 0. The van der Waals surface area contributed by atoms with Gasteiger partial charge in [-0.05, 0) is 25.7 Å². The van der Waals surface area contributed by atoms with Crippen molar-refractivity contribution in [1.29, 1.82) is 0 Å². The smallest absolute Gasteiger partial charge is 0.335 e. The molecule has 0 aliphatic carbocycles. The van der Waals surface area contributed by atoms with Gasteiger partial charge in [0.2, 0.25) is 0 Å². The molecule has 0 aliphatic heterocycles. The van der Waals surface area contributed by atoms with E-state index in [9.17, 15) is 18.9 Å². The van der Waals surface area contributed by atoms with Crippen LogP contribution >= 0.6 is 15.2 Å². The summed E-state index contributed by atoms with van der Waals surface area (Å²) < 4.78 is 28.5. The Morgan fingerprint density at radius 1 is 0.405 bits per heavy atom. The van der Waals surface area contributed by atoms with Gasteiger partial charge in [0.15, 0.2) is 0 Å². The van der Waals surface area contributed by atoms with Crippen molar-refractivity contribution in [3.63, 3.8) is 0 Å². The summed E-state index contributed by atoms with van der Waals surface area (Å²) in [5, 5.41) is 16.8.